The number of carbonyl (C=O) groups is 1. The Labute approximate surface area is 209 Å². The summed E-state index contributed by atoms with van der Waals surface area (Å²) in [6.07, 6.45) is 4.72. The van der Waals surface area contributed by atoms with Crippen LogP contribution in [0.2, 0.25) is 0 Å². The molecule has 0 aliphatic heterocycles. The average Bonchev–Trinajstić information content (AvgIpc) is 3.21. The number of hydrogen-bond acceptors (Lipinski definition) is 5. The summed E-state index contributed by atoms with van der Waals surface area (Å²) in [4.78, 5) is 21.4. The van der Waals surface area contributed by atoms with Crippen molar-refractivity contribution in [3.05, 3.63) is 46.7 Å². The summed E-state index contributed by atoms with van der Waals surface area (Å²) >= 11 is 4.16. The van der Waals surface area contributed by atoms with Crippen molar-refractivity contribution in [2.45, 2.75) is 55.3 Å². The fourth-order valence-corrected chi connectivity index (χ4v) is 6.11. The van der Waals surface area contributed by atoms with Crippen molar-refractivity contribution in [3.8, 4) is 5.75 Å². The molecule has 1 unspecified atom stereocenters. The van der Waals surface area contributed by atoms with E-state index in [4.69, 9.17) is 9.72 Å². The Kier molecular flexibility index (Phi) is 7.18. The normalized spacial score (nSPS) is 19.9. The molecule has 1 N–H and O–H groups in total. The first kappa shape index (κ1) is 24.3. The number of nitrogens with one attached hydrogen (secondary N) is 1. The van der Waals surface area contributed by atoms with Crippen LogP contribution in [-0.2, 0) is 5.92 Å². The number of amides is 1. The number of fused-ring (bicyclic) bond motifs is 1. The Morgan fingerprint density at radius 3 is 2.61 bits per heavy atom. The van der Waals surface area contributed by atoms with Crippen molar-refractivity contribution in [2.75, 3.05) is 12.4 Å². The molecule has 4 rings (SSSR count). The first-order chi connectivity index (χ1) is 15.7. The molecule has 0 spiro atoms. The van der Waals surface area contributed by atoms with Gasteiger partial charge in [0, 0.05) is 22.8 Å². The molecule has 2 heterocycles. The molecular formula is C24H26F2IN3O2S. The van der Waals surface area contributed by atoms with Crippen LogP contribution in [0.3, 0.4) is 0 Å². The van der Waals surface area contributed by atoms with Gasteiger partial charge in [-0.3, -0.25) is 4.79 Å². The number of pyridine rings is 1. The largest absolute Gasteiger partial charge is 0.494 e. The van der Waals surface area contributed by atoms with Gasteiger partial charge in [0.15, 0.2) is 0 Å². The van der Waals surface area contributed by atoms with Crippen LogP contribution in [0.25, 0.3) is 10.2 Å². The van der Waals surface area contributed by atoms with E-state index in [-0.39, 0.29) is 5.69 Å². The maximum Gasteiger partial charge on any atom is 0.287 e. The summed E-state index contributed by atoms with van der Waals surface area (Å²) in [6, 6.07) is 7.67. The summed E-state index contributed by atoms with van der Waals surface area (Å²) in [5.41, 5.74) is 0.766. The second kappa shape index (κ2) is 9.77. The number of thiazole rings is 1. The maximum absolute atomic E-state index is 13.6. The minimum Gasteiger partial charge on any atom is -0.494 e. The van der Waals surface area contributed by atoms with Crippen LogP contribution in [0.15, 0.2) is 30.3 Å². The smallest absolute Gasteiger partial charge is 0.287 e. The Bertz CT molecular complexity index is 1150. The van der Waals surface area contributed by atoms with Crippen molar-refractivity contribution >= 4 is 55.7 Å². The standard InChI is InChI=1S/C24H26F2IN3O2S/c1-13(27)14-7-9-15(10-8-14)23-30-18-11-19(32-3)17(12-20(18)33-23)29-22(31)16-5-4-6-21(28-16)24(2,25)26/h4-6,11-15H,7-10H2,1-3H3,(H,29,31). The number of benzene rings is 1. The van der Waals surface area contributed by atoms with Gasteiger partial charge in [-0.05, 0) is 49.8 Å². The van der Waals surface area contributed by atoms with E-state index in [1.165, 1.54) is 38.2 Å². The first-order valence-corrected chi connectivity index (χ1v) is 13.0. The van der Waals surface area contributed by atoms with Crippen LogP contribution in [-0.4, -0.2) is 26.9 Å². The van der Waals surface area contributed by atoms with E-state index in [1.54, 1.807) is 11.3 Å². The van der Waals surface area contributed by atoms with Crippen LogP contribution in [0.4, 0.5) is 14.5 Å². The summed E-state index contributed by atoms with van der Waals surface area (Å²) in [6.45, 7) is 3.04. The summed E-state index contributed by atoms with van der Waals surface area (Å²) in [7, 11) is 1.52. The fraction of sp³-hybridized carbons (Fsp3) is 0.458. The number of alkyl halides is 3. The molecule has 1 atom stereocenters. The van der Waals surface area contributed by atoms with Gasteiger partial charge >= 0.3 is 0 Å². The molecule has 1 aromatic carbocycles. The number of methoxy groups -OCH3 is 1. The number of ether oxygens (including phenoxy) is 1. The first-order valence-electron chi connectivity index (χ1n) is 10.9. The van der Waals surface area contributed by atoms with Crippen LogP contribution in [0, 0.1) is 5.92 Å². The van der Waals surface area contributed by atoms with Gasteiger partial charge in [-0.25, -0.2) is 9.97 Å². The van der Waals surface area contributed by atoms with Gasteiger partial charge in [-0.2, -0.15) is 8.78 Å². The molecule has 33 heavy (non-hydrogen) atoms. The van der Waals surface area contributed by atoms with E-state index < -0.39 is 17.5 Å². The molecule has 9 heteroatoms. The minimum atomic E-state index is -3.13. The zero-order chi connectivity index (χ0) is 23.8. The Morgan fingerprint density at radius 1 is 1.24 bits per heavy atom. The van der Waals surface area contributed by atoms with E-state index in [1.807, 2.05) is 12.1 Å². The van der Waals surface area contributed by atoms with Crippen molar-refractivity contribution in [2.24, 2.45) is 5.92 Å². The number of carbonyl (C=O) groups excluding carboxylic acids is 1. The lowest BCUT2D eigenvalue weighted by molar-refractivity contribution is 0.0126. The third kappa shape index (κ3) is 5.45. The molecule has 0 saturated heterocycles. The number of halogens is 3. The topological polar surface area (TPSA) is 64.1 Å². The van der Waals surface area contributed by atoms with Crippen LogP contribution in [0.1, 0.15) is 66.6 Å². The van der Waals surface area contributed by atoms with Crippen molar-refractivity contribution in [3.63, 3.8) is 0 Å². The molecule has 176 valence electrons. The number of hydrogen-bond donors (Lipinski definition) is 1. The second-order valence-corrected chi connectivity index (χ2v) is 11.6. The molecule has 0 bridgehead atoms. The Balaban J connectivity index is 1.56. The number of nitrogens with zero attached hydrogens (tertiary/aromatic N) is 2. The molecule has 1 amide bonds. The molecule has 1 saturated carbocycles. The molecule has 0 radical (unpaired) electrons. The maximum atomic E-state index is 13.6. The second-order valence-electron chi connectivity index (χ2n) is 8.61. The van der Waals surface area contributed by atoms with E-state index in [0.717, 1.165) is 40.9 Å². The van der Waals surface area contributed by atoms with Gasteiger partial charge in [-0.1, -0.05) is 35.6 Å². The van der Waals surface area contributed by atoms with Crippen molar-refractivity contribution in [1.82, 2.24) is 9.97 Å². The summed E-state index contributed by atoms with van der Waals surface area (Å²) < 4.78 is 34.3. The molecule has 2 aromatic heterocycles. The van der Waals surface area contributed by atoms with Crippen molar-refractivity contribution in [1.29, 1.82) is 0 Å². The van der Waals surface area contributed by atoms with Crippen molar-refractivity contribution < 1.29 is 18.3 Å². The van der Waals surface area contributed by atoms with Gasteiger partial charge in [-0.15, -0.1) is 11.3 Å². The summed E-state index contributed by atoms with van der Waals surface area (Å²) in [5.74, 6) is -2.00. The Morgan fingerprint density at radius 2 is 1.97 bits per heavy atom. The van der Waals surface area contributed by atoms with Gasteiger partial charge < -0.3 is 10.1 Å². The zero-order valence-electron chi connectivity index (χ0n) is 18.7. The quantitative estimate of drug-likeness (QED) is 0.246. The number of anilines is 1. The van der Waals surface area contributed by atoms with Gasteiger partial charge in [0.2, 0.25) is 0 Å². The highest BCUT2D eigenvalue weighted by Gasteiger charge is 2.28. The average molecular weight is 585 g/mol. The third-order valence-corrected chi connectivity index (χ3v) is 8.37. The van der Waals surface area contributed by atoms with E-state index in [2.05, 4.69) is 39.8 Å². The summed E-state index contributed by atoms with van der Waals surface area (Å²) in [5, 5.41) is 3.88. The van der Waals surface area contributed by atoms with E-state index in [9.17, 15) is 13.6 Å². The molecular weight excluding hydrogens is 559 g/mol. The molecule has 1 aliphatic rings. The fourth-order valence-electron chi connectivity index (χ4n) is 4.23. The van der Waals surface area contributed by atoms with Crippen LogP contribution >= 0.6 is 33.9 Å². The lowest BCUT2D eigenvalue weighted by Crippen LogP contribution is -2.18. The van der Waals surface area contributed by atoms with Crippen LogP contribution in [0.5, 0.6) is 5.75 Å². The molecule has 1 fully saturated rings. The zero-order valence-corrected chi connectivity index (χ0v) is 21.7. The minimum absolute atomic E-state index is 0.0811. The highest BCUT2D eigenvalue weighted by Crippen LogP contribution is 2.42. The highest BCUT2D eigenvalue weighted by molar-refractivity contribution is 14.1. The molecule has 5 nitrogen and oxygen atoms in total. The van der Waals surface area contributed by atoms with Gasteiger partial charge in [0.25, 0.3) is 11.8 Å². The number of rotatable bonds is 6. The van der Waals surface area contributed by atoms with Gasteiger partial charge in [0.1, 0.15) is 17.1 Å². The Hall–Kier alpha value is -1.88. The SMILES string of the molecule is COc1cc2nc(C3CCC(C(C)I)CC3)sc2cc1NC(=O)c1cccc(C(C)(F)F)n1. The predicted octanol–water partition coefficient (Wildman–Crippen LogP) is 7.16. The monoisotopic (exact) mass is 585 g/mol. The van der Waals surface area contributed by atoms with Gasteiger partial charge in [0.05, 0.1) is 28.0 Å². The predicted molar refractivity (Wildman–Crippen MR) is 136 cm³/mol. The molecule has 1 aliphatic carbocycles. The highest BCUT2D eigenvalue weighted by atomic mass is 127. The van der Waals surface area contributed by atoms with Crippen LogP contribution < -0.4 is 10.1 Å². The third-order valence-electron chi connectivity index (χ3n) is 6.18. The number of aromatic nitrogens is 2. The molecule has 3 aromatic rings. The van der Waals surface area contributed by atoms with E-state index >= 15 is 0 Å². The lowest BCUT2D eigenvalue weighted by atomic mass is 9.81. The lowest BCUT2D eigenvalue weighted by Gasteiger charge is -2.29. The van der Waals surface area contributed by atoms with E-state index in [0.29, 0.717) is 21.3 Å².